The van der Waals surface area contributed by atoms with Gasteiger partial charge in [-0.3, -0.25) is 4.79 Å². The molecular formula is C21H20N4O3. The summed E-state index contributed by atoms with van der Waals surface area (Å²) in [5.74, 6) is 1.54. The number of hydrogen-bond acceptors (Lipinski definition) is 6. The number of hydrogen-bond donors (Lipinski definition) is 2. The first-order chi connectivity index (χ1) is 13.6. The van der Waals surface area contributed by atoms with Crippen molar-refractivity contribution in [3.05, 3.63) is 65.5 Å². The van der Waals surface area contributed by atoms with Crippen LogP contribution in [-0.2, 0) is 0 Å². The molecule has 1 aliphatic rings. The first-order valence-electron chi connectivity index (χ1n) is 8.96. The van der Waals surface area contributed by atoms with Gasteiger partial charge >= 0.3 is 0 Å². The molecule has 1 aromatic heterocycles. The summed E-state index contributed by atoms with van der Waals surface area (Å²) in [5, 5.41) is 6.03. The Labute approximate surface area is 162 Å². The lowest BCUT2D eigenvalue weighted by molar-refractivity contribution is 0.102. The lowest BCUT2D eigenvalue weighted by atomic mass is 10.1. The van der Waals surface area contributed by atoms with Crippen LogP contribution in [-0.4, -0.2) is 29.1 Å². The summed E-state index contributed by atoms with van der Waals surface area (Å²) >= 11 is 0. The van der Waals surface area contributed by atoms with Crippen LogP contribution in [0.5, 0.6) is 11.5 Å². The Morgan fingerprint density at radius 1 is 0.964 bits per heavy atom. The normalized spacial score (nSPS) is 12.4. The van der Waals surface area contributed by atoms with Gasteiger partial charge in [0.05, 0.1) is 5.56 Å². The number of fused-ring (bicyclic) bond motifs is 1. The van der Waals surface area contributed by atoms with Gasteiger partial charge in [-0.1, -0.05) is 18.2 Å². The van der Waals surface area contributed by atoms with E-state index in [1.807, 2.05) is 50.2 Å². The standard InChI is InChI=1S/C21H20N4O3/c1-13-4-3-5-14(2)19(13)25-20(26)15-11-22-21(23-12-15)24-16-6-7-17-18(10-16)28-9-8-27-17/h3-7,10-12H,8-9H2,1-2H3,(H,25,26)(H,22,23,24). The monoisotopic (exact) mass is 376 g/mol. The second-order valence-corrected chi connectivity index (χ2v) is 6.50. The van der Waals surface area contributed by atoms with Crippen LogP contribution in [0.3, 0.4) is 0 Å². The van der Waals surface area contributed by atoms with Crippen molar-refractivity contribution >= 4 is 23.2 Å². The van der Waals surface area contributed by atoms with Gasteiger partial charge in [0.15, 0.2) is 11.5 Å². The molecule has 0 saturated carbocycles. The maximum atomic E-state index is 12.5. The van der Waals surface area contributed by atoms with Crippen molar-refractivity contribution in [1.29, 1.82) is 0 Å². The molecule has 1 amide bonds. The predicted molar refractivity (Wildman–Crippen MR) is 107 cm³/mol. The van der Waals surface area contributed by atoms with Crippen molar-refractivity contribution in [2.45, 2.75) is 13.8 Å². The first kappa shape index (κ1) is 17.8. The minimum atomic E-state index is -0.247. The Bertz CT molecular complexity index is 998. The van der Waals surface area contributed by atoms with Crippen molar-refractivity contribution < 1.29 is 14.3 Å². The number of aryl methyl sites for hydroxylation is 2. The van der Waals surface area contributed by atoms with Gasteiger partial charge < -0.3 is 20.1 Å². The van der Waals surface area contributed by atoms with Crippen LogP contribution >= 0.6 is 0 Å². The third kappa shape index (κ3) is 3.73. The van der Waals surface area contributed by atoms with Gasteiger partial charge in [0.25, 0.3) is 5.91 Å². The molecule has 28 heavy (non-hydrogen) atoms. The number of nitrogens with one attached hydrogen (secondary N) is 2. The first-order valence-corrected chi connectivity index (χ1v) is 8.96. The summed E-state index contributed by atoms with van der Waals surface area (Å²) in [6.45, 7) is 4.99. The summed E-state index contributed by atoms with van der Waals surface area (Å²) in [7, 11) is 0. The molecular weight excluding hydrogens is 356 g/mol. The highest BCUT2D eigenvalue weighted by Gasteiger charge is 2.13. The fourth-order valence-electron chi connectivity index (χ4n) is 2.96. The maximum Gasteiger partial charge on any atom is 0.258 e. The SMILES string of the molecule is Cc1cccc(C)c1NC(=O)c1cnc(Nc2ccc3c(c2)OCCO3)nc1. The molecule has 142 valence electrons. The molecule has 0 atom stereocenters. The van der Waals surface area contributed by atoms with Gasteiger partial charge in [0.1, 0.15) is 13.2 Å². The zero-order valence-corrected chi connectivity index (χ0v) is 15.7. The van der Waals surface area contributed by atoms with Crippen molar-refractivity contribution in [2.24, 2.45) is 0 Å². The molecule has 0 bridgehead atoms. The average Bonchev–Trinajstić information content (AvgIpc) is 2.71. The second kappa shape index (κ2) is 7.56. The van der Waals surface area contributed by atoms with E-state index in [2.05, 4.69) is 20.6 Å². The van der Waals surface area contributed by atoms with Crippen LogP contribution < -0.4 is 20.1 Å². The van der Waals surface area contributed by atoms with Crippen LogP contribution in [0.4, 0.5) is 17.3 Å². The molecule has 1 aliphatic heterocycles. The number of anilines is 3. The number of carbonyl (C=O) groups is 1. The Morgan fingerprint density at radius 2 is 1.64 bits per heavy atom. The van der Waals surface area contributed by atoms with Gasteiger partial charge in [-0.2, -0.15) is 0 Å². The number of nitrogens with zero attached hydrogens (tertiary/aromatic N) is 2. The Kier molecular flexibility index (Phi) is 4.80. The maximum absolute atomic E-state index is 12.5. The van der Waals surface area contributed by atoms with E-state index >= 15 is 0 Å². The van der Waals surface area contributed by atoms with Crippen molar-refractivity contribution in [3.8, 4) is 11.5 Å². The highest BCUT2D eigenvalue weighted by Crippen LogP contribution is 2.33. The van der Waals surface area contributed by atoms with Crippen LogP contribution in [0.2, 0.25) is 0 Å². The Balaban J connectivity index is 1.46. The summed E-state index contributed by atoms with van der Waals surface area (Å²) in [6, 6.07) is 11.4. The average molecular weight is 376 g/mol. The molecule has 3 aromatic rings. The summed E-state index contributed by atoms with van der Waals surface area (Å²) < 4.78 is 11.1. The number of benzene rings is 2. The van der Waals surface area contributed by atoms with Crippen molar-refractivity contribution in [1.82, 2.24) is 9.97 Å². The fourth-order valence-corrected chi connectivity index (χ4v) is 2.96. The summed E-state index contributed by atoms with van der Waals surface area (Å²) in [5.41, 5.74) is 3.98. The molecule has 2 aromatic carbocycles. The van der Waals surface area contributed by atoms with Crippen molar-refractivity contribution in [2.75, 3.05) is 23.8 Å². The molecule has 0 aliphatic carbocycles. The molecule has 4 rings (SSSR count). The number of aromatic nitrogens is 2. The Hall–Kier alpha value is -3.61. The van der Waals surface area contributed by atoms with Crippen molar-refractivity contribution in [3.63, 3.8) is 0 Å². The third-order valence-electron chi connectivity index (χ3n) is 4.43. The quantitative estimate of drug-likeness (QED) is 0.719. The van der Waals surface area contributed by atoms with E-state index in [0.717, 1.165) is 28.3 Å². The van der Waals surface area contributed by atoms with E-state index in [1.54, 1.807) is 0 Å². The smallest absolute Gasteiger partial charge is 0.258 e. The Morgan fingerprint density at radius 3 is 2.36 bits per heavy atom. The van der Waals surface area contributed by atoms with Crippen LogP contribution in [0, 0.1) is 13.8 Å². The lowest BCUT2D eigenvalue weighted by Gasteiger charge is -2.19. The van der Waals surface area contributed by atoms with Crippen LogP contribution in [0.25, 0.3) is 0 Å². The third-order valence-corrected chi connectivity index (χ3v) is 4.43. The van der Waals surface area contributed by atoms with Crippen LogP contribution in [0.15, 0.2) is 48.8 Å². The molecule has 7 heteroatoms. The highest BCUT2D eigenvalue weighted by atomic mass is 16.6. The molecule has 0 spiro atoms. The number of rotatable bonds is 4. The molecule has 2 heterocycles. The lowest BCUT2D eigenvalue weighted by Crippen LogP contribution is -2.15. The van der Waals surface area contributed by atoms with Crippen LogP contribution in [0.1, 0.15) is 21.5 Å². The predicted octanol–water partition coefficient (Wildman–Crippen LogP) is 3.86. The molecule has 0 radical (unpaired) electrons. The zero-order valence-electron chi connectivity index (χ0n) is 15.7. The van der Waals surface area contributed by atoms with E-state index in [0.29, 0.717) is 30.5 Å². The van der Waals surface area contributed by atoms with E-state index in [4.69, 9.17) is 9.47 Å². The molecule has 0 unspecified atom stereocenters. The minimum Gasteiger partial charge on any atom is -0.486 e. The topological polar surface area (TPSA) is 85.4 Å². The fraction of sp³-hybridized carbons (Fsp3) is 0.190. The zero-order chi connectivity index (χ0) is 19.5. The van der Waals surface area contributed by atoms with Gasteiger partial charge in [-0.15, -0.1) is 0 Å². The molecule has 0 saturated heterocycles. The van der Waals surface area contributed by atoms with Gasteiger partial charge in [-0.05, 0) is 37.1 Å². The van der Waals surface area contributed by atoms with Gasteiger partial charge in [-0.25, -0.2) is 9.97 Å². The van der Waals surface area contributed by atoms with E-state index in [1.165, 1.54) is 12.4 Å². The second-order valence-electron chi connectivity index (χ2n) is 6.50. The van der Waals surface area contributed by atoms with Gasteiger partial charge in [0.2, 0.25) is 5.95 Å². The largest absolute Gasteiger partial charge is 0.486 e. The van der Waals surface area contributed by atoms with E-state index in [-0.39, 0.29) is 5.91 Å². The number of amides is 1. The number of carbonyl (C=O) groups excluding carboxylic acids is 1. The number of ether oxygens (including phenoxy) is 2. The highest BCUT2D eigenvalue weighted by molar-refractivity contribution is 6.04. The minimum absolute atomic E-state index is 0.247. The van der Waals surface area contributed by atoms with E-state index < -0.39 is 0 Å². The summed E-state index contributed by atoms with van der Waals surface area (Å²) in [6.07, 6.45) is 2.99. The van der Waals surface area contributed by atoms with Gasteiger partial charge in [0, 0.05) is 29.8 Å². The van der Waals surface area contributed by atoms with E-state index in [9.17, 15) is 4.79 Å². The summed E-state index contributed by atoms with van der Waals surface area (Å²) in [4.78, 5) is 21.0. The molecule has 7 nitrogen and oxygen atoms in total. The molecule has 0 fully saturated rings. The molecule has 2 N–H and O–H groups in total. The number of para-hydroxylation sites is 1.